The Balaban J connectivity index is 2.57. The summed E-state index contributed by atoms with van der Waals surface area (Å²) in [6, 6.07) is 2.94. The van der Waals surface area contributed by atoms with Gasteiger partial charge in [0.1, 0.15) is 11.4 Å². The first-order chi connectivity index (χ1) is 9.95. The van der Waals surface area contributed by atoms with Crippen molar-refractivity contribution >= 4 is 28.2 Å². The van der Waals surface area contributed by atoms with Gasteiger partial charge in [0.2, 0.25) is 0 Å². The zero-order valence-corrected chi connectivity index (χ0v) is 12.7. The fourth-order valence-electron chi connectivity index (χ4n) is 2.71. The van der Waals surface area contributed by atoms with E-state index in [0.29, 0.717) is 5.69 Å². The first-order valence-corrected chi connectivity index (χ1v) is 7.16. The van der Waals surface area contributed by atoms with Gasteiger partial charge in [-0.1, -0.05) is 0 Å². The third kappa shape index (κ3) is 3.10. The van der Waals surface area contributed by atoms with Crippen molar-refractivity contribution in [3.63, 3.8) is 0 Å². The summed E-state index contributed by atoms with van der Waals surface area (Å²) in [6.45, 7) is 2.79. The Kier molecular flexibility index (Phi) is 4.67. The fraction of sp³-hybridized carbons (Fsp3) is 0.500. The molecule has 0 bridgehead atoms. The first-order valence-electron chi connectivity index (χ1n) is 6.78. The summed E-state index contributed by atoms with van der Waals surface area (Å²) in [5.41, 5.74) is 0.374. The minimum atomic E-state index is -0.770. The molecular weight excluding hydrogens is 296 g/mol. The number of nitro benzene ring substituents is 1. The number of anilines is 1. The van der Waals surface area contributed by atoms with E-state index in [2.05, 4.69) is 0 Å². The molecule has 1 heterocycles. The molecular formula is C14H17ClN2O4. The molecule has 1 unspecified atom stereocenters. The Morgan fingerprint density at radius 3 is 2.71 bits per heavy atom. The smallest absolute Gasteiger partial charge is 0.293 e. The summed E-state index contributed by atoms with van der Waals surface area (Å²) >= 11 is 5.48. The lowest BCUT2D eigenvalue weighted by Gasteiger charge is -2.35. The van der Waals surface area contributed by atoms with E-state index in [9.17, 15) is 14.9 Å². The van der Waals surface area contributed by atoms with E-state index >= 15 is 0 Å². The van der Waals surface area contributed by atoms with Crippen LogP contribution in [0.2, 0.25) is 0 Å². The molecule has 0 amide bonds. The first kappa shape index (κ1) is 15.6. The van der Waals surface area contributed by atoms with E-state index < -0.39 is 10.2 Å². The molecule has 21 heavy (non-hydrogen) atoms. The van der Waals surface area contributed by atoms with E-state index in [1.165, 1.54) is 19.2 Å². The highest BCUT2D eigenvalue weighted by molar-refractivity contribution is 6.68. The number of benzene rings is 1. The number of nitro groups is 1. The van der Waals surface area contributed by atoms with E-state index in [1.54, 1.807) is 0 Å². The Labute approximate surface area is 127 Å². The second-order valence-electron chi connectivity index (χ2n) is 5.11. The molecule has 1 aromatic rings. The molecule has 0 spiro atoms. The van der Waals surface area contributed by atoms with Gasteiger partial charge in [0, 0.05) is 24.7 Å². The van der Waals surface area contributed by atoms with Gasteiger partial charge in [-0.15, -0.1) is 0 Å². The molecule has 1 aliphatic rings. The number of carbonyl (C=O) groups is 1. The molecule has 0 aromatic heterocycles. The zero-order chi connectivity index (χ0) is 15.6. The van der Waals surface area contributed by atoms with Crippen molar-refractivity contribution in [2.24, 2.45) is 0 Å². The van der Waals surface area contributed by atoms with Crippen LogP contribution in [0, 0.1) is 10.1 Å². The van der Waals surface area contributed by atoms with Crippen LogP contribution >= 0.6 is 11.6 Å². The normalized spacial score (nSPS) is 18.4. The van der Waals surface area contributed by atoms with Crippen LogP contribution in [0.25, 0.3) is 0 Å². The molecule has 0 N–H and O–H groups in total. The van der Waals surface area contributed by atoms with E-state index in [-0.39, 0.29) is 23.0 Å². The number of methoxy groups -OCH3 is 1. The molecule has 1 aliphatic heterocycles. The van der Waals surface area contributed by atoms with Gasteiger partial charge in [-0.05, 0) is 37.8 Å². The van der Waals surface area contributed by atoms with E-state index in [1.807, 2.05) is 11.8 Å². The average molecular weight is 313 g/mol. The number of piperidine rings is 1. The van der Waals surface area contributed by atoms with Crippen LogP contribution in [-0.4, -0.2) is 29.9 Å². The quantitative estimate of drug-likeness (QED) is 0.484. The Morgan fingerprint density at radius 2 is 2.19 bits per heavy atom. The molecule has 0 radical (unpaired) electrons. The monoisotopic (exact) mass is 312 g/mol. The van der Waals surface area contributed by atoms with Crippen LogP contribution in [0.3, 0.4) is 0 Å². The zero-order valence-electron chi connectivity index (χ0n) is 12.0. The number of ether oxygens (including phenoxy) is 1. The molecule has 0 aliphatic carbocycles. The predicted molar refractivity (Wildman–Crippen MR) is 80.5 cm³/mol. The third-order valence-corrected chi connectivity index (χ3v) is 4.02. The number of carbonyl (C=O) groups excluding carboxylic acids is 1. The molecule has 1 atom stereocenters. The number of hydrogen-bond acceptors (Lipinski definition) is 5. The van der Waals surface area contributed by atoms with Gasteiger partial charge in [-0.25, -0.2) is 0 Å². The second-order valence-corrected chi connectivity index (χ2v) is 5.45. The highest BCUT2D eigenvalue weighted by Gasteiger charge is 2.28. The molecule has 7 heteroatoms. The largest absolute Gasteiger partial charge is 0.496 e. The van der Waals surface area contributed by atoms with Crippen LogP contribution in [-0.2, 0) is 0 Å². The van der Waals surface area contributed by atoms with Gasteiger partial charge >= 0.3 is 0 Å². The van der Waals surface area contributed by atoms with Gasteiger partial charge in [-0.3, -0.25) is 14.9 Å². The molecule has 1 saturated heterocycles. The van der Waals surface area contributed by atoms with Crippen molar-refractivity contribution in [1.29, 1.82) is 0 Å². The minimum absolute atomic E-state index is 0.0132. The molecule has 0 saturated carbocycles. The molecule has 1 fully saturated rings. The van der Waals surface area contributed by atoms with E-state index in [0.717, 1.165) is 25.8 Å². The maximum atomic E-state index is 11.4. The standard InChI is InChI=1S/C14H17ClN2O4/c1-9-5-3-4-6-16(9)11-8-13(21-2)10(14(15)18)7-12(11)17(19)20/h7-9H,3-6H2,1-2H3. The molecule has 1 aromatic carbocycles. The minimum Gasteiger partial charge on any atom is -0.496 e. The van der Waals surface area contributed by atoms with Crippen LogP contribution in [0.1, 0.15) is 36.5 Å². The van der Waals surface area contributed by atoms with Gasteiger partial charge < -0.3 is 9.64 Å². The highest BCUT2D eigenvalue weighted by atomic mass is 35.5. The number of nitrogens with zero attached hydrogens (tertiary/aromatic N) is 2. The Bertz CT molecular complexity index is 576. The van der Waals surface area contributed by atoms with Gasteiger partial charge in [-0.2, -0.15) is 0 Å². The van der Waals surface area contributed by atoms with Crippen molar-refractivity contribution in [1.82, 2.24) is 0 Å². The van der Waals surface area contributed by atoms with Crippen molar-refractivity contribution in [2.75, 3.05) is 18.6 Å². The molecule has 2 rings (SSSR count). The second kappa shape index (κ2) is 6.30. The van der Waals surface area contributed by atoms with Crippen molar-refractivity contribution in [2.45, 2.75) is 32.2 Å². The van der Waals surface area contributed by atoms with Crippen molar-refractivity contribution in [3.05, 3.63) is 27.8 Å². The molecule has 6 nitrogen and oxygen atoms in total. The summed E-state index contributed by atoms with van der Waals surface area (Å²) in [7, 11) is 1.41. The lowest BCUT2D eigenvalue weighted by molar-refractivity contribution is -0.384. The summed E-state index contributed by atoms with van der Waals surface area (Å²) in [6.07, 6.45) is 3.08. The third-order valence-electron chi connectivity index (χ3n) is 3.82. The van der Waals surface area contributed by atoms with E-state index in [4.69, 9.17) is 16.3 Å². The molecule has 114 valence electrons. The van der Waals surface area contributed by atoms with Crippen LogP contribution in [0.4, 0.5) is 11.4 Å². The lowest BCUT2D eigenvalue weighted by atomic mass is 10.0. The van der Waals surface area contributed by atoms with Crippen LogP contribution in [0.15, 0.2) is 12.1 Å². The Hall–Kier alpha value is -1.82. The summed E-state index contributed by atoms with van der Waals surface area (Å²) in [4.78, 5) is 24.2. The van der Waals surface area contributed by atoms with Gasteiger partial charge in [0.25, 0.3) is 10.9 Å². The average Bonchev–Trinajstić information content (AvgIpc) is 2.46. The SMILES string of the molecule is COc1cc(N2CCCCC2C)c([N+](=O)[O-])cc1C(=O)Cl. The number of rotatable bonds is 4. The predicted octanol–water partition coefficient (Wildman–Crippen LogP) is 3.36. The summed E-state index contributed by atoms with van der Waals surface area (Å²) in [5, 5.41) is 10.6. The maximum Gasteiger partial charge on any atom is 0.293 e. The maximum absolute atomic E-state index is 11.4. The highest BCUT2D eigenvalue weighted by Crippen LogP contribution is 2.38. The van der Waals surface area contributed by atoms with Crippen LogP contribution < -0.4 is 9.64 Å². The number of hydrogen-bond donors (Lipinski definition) is 0. The summed E-state index contributed by atoms with van der Waals surface area (Å²) in [5.74, 6) is 0.258. The fourth-order valence-corrected chi connectivity index (χ4v) is 2.86. The van der Waals surface area contributed by atoms with Crippen molar-refractivity contribution < 1.29 is 14.5 Å². The Morgan fingerprint density at radius 1 is 1.48 bits per heavy atom. The van der Waals surface area contributed by atoms with Crippen molar-refractivity contribution in [3.8, 4) is 5.75 Å². The number of halogens is 1. The lowest BCUT2D eigenvalue weighted by Crippen LogP contribution is -2.37. The van der Waals surface area contributed by atoms with Gasteiger partial charge in [0.05, 0.1) is 17.6 Å². The van der Waals surface area contributed by atoms with Crippen LogP contribution in [0.5, 0.6) is 5.75 Å². The van der Waals surface area contributed by atoms with Gasteiger partial charge in [0.15, 0.2) is 0 Å². The topological polar surface area (TPSA) is 72.7 Å². The summed E-state index contributed by atoms with van der Waals surface area (Å²) < 4.78 is 5.15.